The van der Waals surface area contributed by atoms with Crippen LogP contribution in [0.15, 0.2) is 30.3 Å². The second-order valence-corrected chi connectivity index (χ2v) is 4.06. The van der Waals surface area contributed by atoms with Crippen LogP contribution in [-0.2, 0) is 4.84 Å². The van der Waals surface area contributed by atoms with E-state index in [4.69, 9.17) is 10.2 Å². The third-order valence-electron chi connectivity index (χ3n) is 1.52. The maximum atomic E-state index is 7.67. The molecule has 0 aliphatic rings. The Morgan fingerprint density at radius 1 is 1.21 bits per heavy atom. The largest absolute Gasteiger partial charge is 0.283 e. The minimum atomic E-state index is -0.291. The van der Waals surface area contributed by atoms with Gasteiger partial charge >= 0.3 is 0 Å². The molecule has 0 aliphatic carbocycles. The van der Waals surface area contributed by atoms with E-state index in [-0.39, 0.29) is 11.4 Å². The van der Waals surface area contributed by atoms with Gasteiger partial charge in [0.15, 0.2) is 0 Å². The summed E-state index contributed by atoms with van der Waals surface area (Å²) in [6.45, 7) is 5.79. The molecule has 1 aromatic rings. The number of hydroxylamine groups is 1. The van der Waals surface area contributed by atoms with Gasteiger partial charge in [-0.3, -0.25) is 10.2 Å². The molecule has 3 nitrogen and oxygen atoms in total. The lowest BCUT2D eigenvalue weighted by Gasteiger charge is -2.20. The normalized spacial score (nSPS) is 11.1. The van der Waals surface area contributed by atoms with Gasteiger partial charge in [0.2, 0.25) is 0 Å². The zero-order chi connectivity index (χ0) is 10.6. The maximum Gasteiger partial charge on any atom is 0.149 e. The zero-order valence-corrected chi connectivity index (χ0v) is 8.79. The Morgan fingerprint density at radius 2 is 1.79 bits per heavy atom. The van der Waals surface area contributed by atoms with Gasteiger partial charge in [0.05, 0.1) is 5.60 Å². The fourth-order valence-corrected chi connectivity index (χ4v) is 0.868. The molecule has 0 aromatic heterocycles. The molecule has 0 saturated carbocycles. The van der Waals surface area contributed by atoms with E-state index in [0.717, 1.165) is 5.56 Å². The zero-order valence-electron chi connectivity index (χ0n) is 8.79. The van der Waals surface area contributed by atoms with Crippen LogP contribution >= 0.6 is 0 Å². The molecule has 0 amide bonds. The summed E-state index contributed by atoms with van der Waals surface area (Å²) in [5, 5.41) is 7.67. The molecule has 1 aromatic carbocycles. The maximum absolute atomic E-state index is 7.67. The smallest absolute Gasteiger partial charge is 0.149 e. The molecule has 0 fully saturated rings. The molecule has 0 atom stereocenters. The number of benzene rings is 1. The van der Waals surface area contributed by atoms with Gasteiger partial charge in [-0.15, -0.1) is 0 Å². The Labute approximate surface area is 84.6 Å². The van der Waals surface area contributed by atoms with Crippen molar-refractivity contribution >= 4 is 5.84 Å². The summed E-state index contributed by atoms with van der Waals surface area (Å²) in [5.74, 6) is 0.278. The van der Waals surface area contributed by atoms with E-state index >= 15 is 0 Å². The Morgan fingerprint density at radius 3 is 2.29 bits per heavy atom. The lowest BCUT2D eigenvalue weighted by atomic mass is 10.2. The molecule has 0 aliphatic heterocycles. The van der Waals surface area contributed by atoms with E-state index < -0.39 is 0 Å². The van der Waals surface area contributed by atoms with Gasteiger partial charge in [-0.1, -0.05) is 30.3 Å². The molecule has 3 heteroatoms. The van der Waals surface area contributed by atoms with Crippen LogP contribution in [0, 0.1) is 5.41 Å². The molecule has 0 unspecified atom stereocenters. The van der Waals surface area contributed by atoms with E-state index in [1.807, 2.05) is 51.1 Å². The first kappa shape index (κ1) is 10.7. The van der Waals surface area contributed by atoms with Gasteiger partial charge in [-0.2, -0.15) is 0 Å². The number of hydrogen-bond donors (Lipinski definition) is 2. The van der Waals surface area contributed by atoms with Crippen LogP contribution in [0.1, 0.15) is 26.3 Å². The molecular formula is C11H16N2O. The Kier molecular flexibility index (Phi) is 3.25. The van der Waals surface area contributed by atoms with Crippen LogP contribution in [0.25, 0.3) is 0 Å². The van der Waals surface area contributed by atoms with Crippen LogP contribution in [-0.4, -0.2) is 11.4 Å². The highest BCUT2D eigenvalue weighted by molar-refractivity contribution is 5.95. The van der Waals surface area contributed by atoms with Crippen molar-refractivity contribution in [2.75, 3.05) is 0 Å². The molecule has 0 spiro atoms. The van der Waals surface area contributed by atoms with Crippen molar-refractivity contribution in [3.8, 4) is 0 Å². The van der Waals surface area contributed by atoms with Crippen LogP contribution in [0.4, 0.5) is 0 Å². The highest BCUT2D eigenvalue weighted by atomic mass is 16.7. The molecule has 76 valence electrons. The van der Waals surface area contributed by atoms with E-state index in [1.165, 1.54) is 0 Å². The van der Waals surface area contributed by atoms with Gasteiger partial charge < -0.3 is 0 Å². The minimum absolute atomic E-state index is 0.278. The third kappa shape index (κ3) is 3.58. The lowest BCUT2D eigenvalue weighted by molar-refractivity contribution is -0.0424. The summed E-state index contributed by atoms with van der Waals surface area (Å²) >= 11 is 0. The topological polar surface area (TPSA) is 45.1 Å². The molecule has 1 rings (SSSR count). The third-order valence-corrected chi connectivity index (χ3v) is 1.52. The number of amidine groups is 1. The van der Waals surface area contributed by atoms with Crippen LogP contribution in [0.2, 0.25) is 0 Å². The van der Waals surface area contributed by atoms with Crippen molar-refractivity contribution in [3.05, 3.63) is 35.9 Å². The van der Waals surface area contributed by atoms with Crippen molar-refractivity contribution in [1.82, 2.24) is 5.48 Å². The Bertz CT molecular complexity index is 301. The molecule has 0 bridgehead atoms. The molecule has 2 N–H and O–H groups in total. The van der Waals surface area contributed by atoms with Crippen LogP contribution < -0.4 is 5.48 Å². The second kappa shape index (κ2) is 4.24. The summed E-state index contributed by atoms with van der Waals surface area (Å²) in [6.07, 6.45) is 0. The van der Waals surface area contributed by atoms with Crippen molar-refractivity contribution in [2.45, 2.75) is 26.4 Å². The molecule has 14 heavy (non-hydrogen) atoms. The lowest BCUT2D eigenvalue weighted by Crippen LogP contribution is -2.33. The average Bonchev–Trinajstić information content (AvgIpc) is 2.14. The molecule has 0 radical (unpaired) electrons. The van der Waals surface area contributed by atoms with Crippen molar-refractivity contribution in [3.63, 3.8) is 0 Å². The second-order valence-electron chi connectivity index (χ2n) is 4.06. The monoisotopic (exact) mass is 192 g/mol. The van der Waals surface area contributed by atoms with E-state index in [9.17, 15) is 0 Å². The quantitative estimate of drug-likeness (QED) is 0.429. The predicted molar refractivity (Wildman–Crippen MR) is 57.2 cm³/mol. The highest BCUT2D eigenvalue weighted by Crippen LogP contribution is 2.05. The standard InChI is InChI=1S/C11H16N2O/c1-11(2,3)14-13-10(12)9-7-5-4-6-8-9/h4-8H,1-3H3,(H2,12,13). The van der Waals surface area contributed by atoms with Gasteiger partial charge in [0.1, 0.15) is 5.84 Å². The number of rotatable bonds is 2. The summed E-state index contributed by atoms with van der Waals surface area (Å²) in [5.41, 5.74) is 3.15. The minimum Gasteiger partial charge on any atom is -0.283 e. The van der Waals surface area contributed by atoms with Gasteiger partial charge in [0.25, 0.3) is 0 Å². The van der Waals surface area contributed by atoms with Crippen molar-refractivity contribution < 1.29 is 4.84 Å². The summed E-state index contributed by atoms with van der Waals surface area (Å²) < 4.78 is 0. The summed E-state index contributed by atoms with van der Waals surface area (Å²) in [4.78, 5) is 5.27. The fourth-order valence-electron chi connectivity index (χ4n) is 0.868. The Hall–Kier alpha value is -1.35. The molecular weight excluding hydrogens is 176 g/mol. The SMILES string of the molecule is CC(C)(C)ONC(=N)c1ccccc1. The molecule has 0 heterocycles. The first-order valence-corrected chi connectivity index (χ1v) is 4.57. The summed E-state index contributed by atoms with van der Waals surface area (Å²) in [6, 6.07) is 9.43. The van der Waals surface area contributed by atoms with Gasteiger partial charge in [-0.25, -0.2) is 5.48 Å². The predicted octanol–water partition coefficient (Wildman–Crippen LogP) is 2.33. The van der Waals surface area contributed by atoms with Crippen molar-refractivity contribution in [1.29, 1.82) is 5.41 Å². The first-order valence-electron chi connectivity index (χ1n) is 4.57. The van der Waals surface area contributed by atoms with Gasteiger partial charge in [0, 0.05) is 5.56 Å². The number of nitrogens with one attached hydrogen (secondary N) is 2. The van der Waals surface area contributed by atoms with Crippen LogP contribution in [0.5, 0.6) is 0 Å². The fraction of sp³-hybridized carbons (Fsp3) is 0.364. The van der Waals surface area contributed by atoms with Crippen LogP contribution in [0.3, 0.4) is 0 Å². The van der Waals surface area contributed by atoms with E-state index in [2.05, 4.69) is 5.48 Å². The highest BCUT2D eigenvalue weighted by Gasteiger charge is 2.11. The van der Waals surface area contributed by atoms with E-state index in [1.54, 1.807) is 0 Å². The number of hydrogen-bond acceptors (Lipinski definition) is 2. The molecule has 0 saturated heterocycles. The average molecular weight is 192 g/mol. The first-order chi connectivity index (χ1) is 6.49. The summed E-state index contributed by atoms with van der Waals surface area (Å²) in [7, 11) is 0. The Balaban J connectivity index is 2.52. The van der Waals surface area contributed by atoms with Crippen molar-refractivity contribution in [2.24, 2.45) is 0 Å². The van der Waals surface area contributed by atoms with E-state index in [0.29, 0.717) is 0 Å². The van der Waals surface area contributed by atoms with Gasteiger partial charge in [-0.05, 0) is 20.8 Å².